The number of benzene rings is 1. The number of nitrogens with one attached hydrogen (secondary N) is 2. The minimum Gasteiger partial charge on any atom is -0.493 e. The van der Waals surface area contributed by atoms with E-state index in [-0.39, 0.29) is 24.0 Å². The number of guanidine groups is 1. The van der Waals surface area contributed by atoms with Crippen molar-refractivity contribution in [2.75, 3.05) is 43.6 Å². The van der Waals surface area contributed by atoms with Gasteiger partial charge >= 0.3 is 0 Å². The van der Waals surface area contributed by atoms with Crippen LogP contribution in [0.1, 0.15) is 33.3 Å². The topological polar surface area (TPSA) is 71.0 Å². The fourth-order valence-corrected chi connectivity index (χ4v) is 2.88. The summed E-state index contributed by atoms with van der Waals surface area (Å²) in [5, 5.41) is 6.59. The van der Waals surface area contributed by atoms with Crippen LogP contribution in [0.3, 0.4) is 0 Å². The van der Waals surface area contributed by atoms with Crippen molar-refractivity contribution < 1.29 is 9.47 Å². The lowest BCUT2D eigenvalue weighted by atomic mass is 10.2. The van der Waals surface area contributed by atoms with E-state index in [4.69, 9.17) is 9.47 Å². The van der Waals surface area contributed by atoms with Gasteiger partial charge in [-0.3, -0.25) is 0 Å². The lowest BCUT2D eigenvalue weighted by molar-refractivity contribution is 0.311. The van der Waals surface area contributed by atoms with Gasteiger partial charge in [0, 0.05) is 37.6 Å². The van der Waals surface area contributed by atoms with Gasteiger partial charge in [-0.1, -0.05) is 6.07 Å². The second-order valence-corrected chi connectivity index (χ2v) is 6.32. The Morgan fingerprint density at radius 3 is 2.40 bits per heavy atom. The summed E-state index contributed by atoms with van der Waals surface area (Å²) in [5.74, 6) is 3.10. The Bertz CT molecular complexity index is 780. The SMILES string of the molecule is CCNC(=NCc1ccc(N(CC)CC)nc1)Nc1ccc(OC)c(OCC)c1.I. The van der Waals surface area contributed by atoms with E-state index in [0.717, 1.165) is 36.7 Å². The Morgan fingerprint density at radius 2 is 1.83 bits per heavy atom. The molecule has 8 heteroatoms. The van der Waals surface area contributed by atoms with Gasteiger partial charge in [0.2, 0.25) is 0 Å². The monoisotopic (exact) mass is 527 g/mol. The van der Waals surface area contributed by atoms with Gasteiger partial charge in [0.15, 0.2) is 17.5 Å². The van der Waals surface area contributed by atoms with Crippen molar-refractivity contribution >= 4 is 41.4 Å². The van der Waals surface area contributed by atoms with Crippen LogP contribution in [0.5, 0.6) is 11.5 Å². The van der Waals surface area contributed by atoms with Crippen LogP contribution in [0, 0.1) is 0 Å². The predicted octanol–water partition coefficient (Wildman–Crippen LogP) is 4.53. The molecule has 7 nitrogen and oxygen atoms in total. The van der Waals surface area contributed by atoms with E-state index in [1.165, 1.54) is 0 Å². The molecular weight excluding hydrogens is 493 g/mol. The fraction of sp³-hybridized carbons (Fsp3) is 0.455. The first kappa shape index (κ1) is 25.8. The lowest BCUT2D eigenvalue weighted by Crippen LogP contribution is -2.30. The molecular formula is C22H34IN5O2. The van der Waals surface area contributed by atoms with Crippen LogP contribution < -0.4 is 25.0 Å². The van der Waals surface area contributed by atoms with Crippen molar-refractivity contribution in [3.8, 4) is 11.5 Å². The summed E-state index contributed by atoms with van der Waals surface area (Å²) in [6.45, 7) is 12.0. The molecule has 2 aromatic rings. The number of hydrogen-bond acceptors (Lipinski definition) is 5. The maximum absolute atomic E-state index is 5.65. The van der Waals surface area contributed by atoms with Gasteiger partial charge in [0.05, 0.1) is 20.3 Å². The third-order valence-corrected chi connectivity index (χ3v) is 4.39. The number of rotatable bonds is 10. The minimum absolute atomic E-state index is 0. The van der Waals surface area contributed by atoms with Crippen molar-refractivity contribution in [3.63, 3.8) is 0 Å². The summed E-state index contributed by atoms with van der Waals surface area (Å²) >= 11 is 0. The van der Waals surface area contributed by atoms with Crippen molar-refractivity contribution in [2.24, 2.45) is 4.99 Å². The number of aromatic nitrogens is 1. The van der Waals surface area contributed by atoms with Crippen LogP contribution in [-0.4, -0.2) is 44.3 Å². The van der Waals surface area contributed by atoms with Crippen LogP contribution in [0.15, 0.2) is 41.5 Å². The molecule has 0 saturated heterocycles. The molecule has 0 saturated carbocycles. The summed E-state index contributed by atoms with van der Waals surface area (Å²) in [4.78, 5) is 11.5. The van der Waals surface area contributed by atoms with Crippen LogP contribution in [0.25, 0.3) is 0 Å². The molecule has 0 fully saturated rings. The highest BCUT2D eigenvalue weighted by molar-refractivity contribution is 14.0. The standard InChI is InChI=1S/C22H33N5O2.HI/c1-6-23-22(26-18-11-12-19(28-5)20(14-18)29-9-4)25-16-17-10-13-21(24-15-17)27(7-2)8-3;/h10-15H,6-9,16H2,1-5H3,(H2,23,25,26);1H. The molecule has 166 valence electrons. The molecule has 0 spiro atoms. The zero-order chi connectivity index (χ0) is 21.1. The molecule has 0 amide bonds. The number of ether oxygens (including phenoxy) is 2. The van der Waals surface area contributed by atoms with Gasteiger partial charge in [-0.25, -0.2) is 9.98 Å². The quantitative estimate of drug-likeness (QED) is 0.269. The van der Waals surface area contributed by atoms with E-state index in [1.807, 2.05) is 38.2 Å². The third-order valence-electron chi connectivity index (χ3n) is 4.39. The molecule has 1 aromatic heterocycles. The number of halogens is 1. The molecule has 1 heterocycles. The van der Waals surface area contributed by atoms with Crippen molar-refractivity contribution in [1.82, 2.24) is 10.3 Å². The van der Waals surface area contributed by atoms with Crippen molar-refractivity contribution in [1.29, 1.82) is 0 Å². The second kappa shape index (κ2) is 13.9. The summed E-state index contributed by atoms with van der Waals surface area (Å²) in [6, 6.07) is 9.86. The zero-order valence-corrected chi connectivity index (χ0v) is 20.9. The van der Waals surface area contributed by atoms with Gasteiger partial charge in [-0.05, 0) is 51.5 Å². The Labute approximate surface area is 197 Å². The molecule has 30 heavy (non-hydrogen) atoms. The summed E-state index contributed by atoms with van der Waals surface area (Å²) in [7, 11) is 1.63. The van der Waals surface area contributed by atoms with E-state index in [9.17, 15) is 0 Å². The summed E-state index contributed by atoms with van der Waals surface area (Å²) in [5.41, 5.74) is 1.94. The first-order valence-corrected chi connectivity index (χ1v) is 10.2. The summed E-state index contributed by atoms with van der Waals surface area (Å²) in [6.07, 6.45) is 1.89. The molecule has 0 radical (unpaired) electrons. The number of hydrogen-bond donors (Lipinski definition) is 2. The third kappa shape index (κ3) is 7.55. The Morgan fingerprint density at radius 1 is 1.07 bits per heavy atom. The number of aliphatic imine (C=N–C) groups is 1. The molecule has 0 aliphatic rings. The van der Waals surface area contributed by atoms with E-state index in [1.54, 1.807) is 7.11 Å². The van der Waals surface area contributed by atoms with Gasteiger partial charge < -0.3 is 25.0 Å². The normalized spacial score (nSPS) is 10.8. The number of pyridine rings is 1. The van der Waals surface area contributed by atoms with E-state index >= 15 is 0 Å². The first-order valence-electron chi connectivity index (χ1n) is 10.2. The van der Waals surface area contributed by atoms with Crippen LogP contribution in [-0.2, 0) is 6.54 Å². The predicted molar refractivity (Wildman–Crippen MR) is 136 cm³/mol. The fourth-order valence-electron chi connectivity index (χ4n) is 2.88. The van der Waals surface area contributed by atoms with Gasteiger partial charge in [0.1, 0.15) is 5.82 Å². The highest BCUT2D eigenvalue weighted by atomic mass is 127. The maximum Gasteiger partial charge on any atom is 0.196 e. The molecule has 0 aliphatic heterocycles. The Balaban J connectivity index is 0.00000450. The zero-order valence-electron chi connectivity index (χ0n) is 18.6. The second-order valence-electron chi connectivity index (χ2n) is 6.32. The van der Waals surface area contributed by atoms with Crippen LogP contribution >= 0.6 is 24.0 Å². The molecule has 0 aliphatic carbocycles. The lowest BCUT2D eigenvalue weighted by Gasteiger charge is -2.19. The largest absolute Gasteiger partial charge is 0.493 e. The van der Waals surface area contributed by atoms with E-state index in [0.29, 0.717) is 30.6 Å². The number of anilines is 2. The summed E-state index contributed by atoms with van der Waals surface area (Å²) < 4.78 is 11.0. The molecule has 1 aromatic carbocycles. The highest BCUT2D eigenvalue weighted by Gasteiger charge is 2.07. The molecule has 2 rings (SSSR count). The van der Waals surface area contributed by atoms with E-state index in [2.05, 4.69) is 51.5 Å². The molecule has 2 N–H and O–H groups in total. The van der Waals surface area contributed by atoms with E-state index < -0.39 is 0 Å². The minimum atomic E-state index is 0. The molecule has 0 atom stereocenters. The maximum atomic E-state index is 5.65. The Kier molecular flexibility index (Phi) is 12.0. The van der Waals surface area contributed by atoms with Crippen molar-refractivity contribution in [3.05, 3.63) is 42.1 Å². The average molecular weight is 527 g/mol. The smallest absolute Gasteiger partial charge is 0.196 e. The highest BCUT2D eigenvalue weighted by Crippen LogP contribution is 2.30. The molecule has 0 unspecified atom stereocenters. The van der Waals surface area contributed by atoms with Crippen molar-refractivity contribution in [2.45, 2.75) is 34.2 Å². The van der Waals surface area contributed by atoms with Crippen LogP contribution in [0.4, 0.5) is 11.5 Å². The number of nitrogens with zero attached hydrogens (tertiary/aromatic N) is 3. The van der Waals surface area contributed by atoms with Crippen LogP contribution in [0.2, 0.25) is 0 Å². The molecule has 0 bridgehead atoms. The Hall–Kier alpha value is -2.23. The average Bonchev–Trinajstić information content (AvgIpc) is 2.74. The number of methoxy groups -OCH3 is 1. The first-order chi connectivity index (χ1) is 14.1. The van der Waals surface area contributed by atoms with Gasteiger partial charge in [-0.2, -0.15) is 0 Å². The van der Waals surface area contributed by atoms with Gasteiger partial charge in [0.25, 0.3) is 0 Å². The van der Waals surface area contributed by atoms with Gasteiger partial charge in [-0.15, -0.1) is 24.0 Å².